The molecule has 1 aliphatic carbocycles. The first-order chi connectivity index (χ1) is 9.52. The fourth-order valence-corrected chi connectivity index (χ4v) is 3.30. The van der Waals surface area contributed by atoms with Crippen LogP contribution in [-0.4, -0.2) is 13.2 Å². The maximum atomic E-state index is 5.47. The summed E-state index contributed by atoms with van der Waals surface area (Å²) >= 11 is 0. The van der Waals surface area contributed by atoms with E-state index >= 15 is 0 Å². The zero-order chi connectivity index (χ0) is 14.6. The minimum Gasteiger partial charge on any atom is -0.496 e. The van der Waals surface area contributed by atoms with Crippen molar-refractivity contribution in [2.24, 2.45) is 5.41 Å². The fourth-order valence-electron chi connectivity index (χ4n) is 3.30. The van der Waals surface area contributed by atoms with E-state index in [1.54, 1.807) is 7.11 Å². The van der Waals surface area contributed by atoms with Gasteiger partial charge in [-0.15, -0.1) is 0 Å². The minimum absolute atomic E-state index is 0.345. The molecule has 0 spiro atoms. The molecule has 2 nitrogen and oxygen atoms in total. The highest BCUT2D eigenvalue weighted by Crippen LogP contribution is 2.34. The molecule has 1 aromatic rings. The molecule has 0 saturated heterocycles. The molecule has 1 fully saturated rings. The predicted molar refractivity (Wildman–Crippen MR) is 85.2 cm³/mol. The summed E-state index contributed by atoms with van der Waals surface area (Å²) in [5.41, 5.74) is 1.78. The van der Waals surface area contributed by atoms with E-state index in [2.05, 4.69) is 38.2 Å². The van der Waals surface area contributed by atoms with Crippen molar-refractivity contribution in [2.75, 3.05) is 7.11 Å². The molecule has 20 heavy (non-hydrogen) atoms. The van der Waals surface area contributed by atoms with E-state index in [0.717, 1.165) is 5.75 Å². The van der Waals surface area contributed by atoms with Crippen LogP contribution in [0.15, 0.2) is 24.3 Å². The number of nitrogens with one attached hydrogen (secondary N) is 1. The van der Waals surface area contributed by atoms with E-state index in [-0.39, 0.29) is 0 Å². The minimum atomic E-state index is 0.345. The van der Waals surface area contributed by atoms with Crippen LogP contribution in [-0.2, 0) is 0 Å². The van der Waals surface area contributed by atoms with Gasteiger partial charge >= 0.3 is 0 Å². The standard InChI is InChI=1S/C18H29NO/c1-14(16-9-5-6-10-17(16)20-4)19-15-8-7-12-18(2,3)13-11-15/h5-6,9-10,14-15,19H,7-8,11-13H2,1-4H3/t14-,15?/m0/s1. The van der Waals surface area contributed by atoms with E-state index in [4.69, 9.17) is 4.74 Å². The summed E-state index contributed by atoms with van der Waals surface area (Å²) < 4.78 is 5.47. The number of benzene rings is 1. The van der Waals surface area contributed by atoms with Crippen molar-refractivity contribution < 1.29 is 4.74 Å². The van der Waals surface area contributed by atoms with E-state index in [9.17, 15) is 0 Å². The van der Waals surface area contributed by atoms with Gasteiger partial charge in [-0.3, -0.25) is 0 Å². The third kappa shape index (κ3) is 3.99. The fraction of sp³-hybridized carbons (Fsp3) is 0.667. The lowest BCUT2D eigenvalue weighted by molar-refractivity contribution is 0.307. The van der Waals surface area contributed by atoms with Crippen LogP contribution >= 0.6 is 0 Å². The largest absolute Gasteiger partial charge is 0.496 e. The second-order valence-electron chi connectivity index (χ2n) is 6.92. The van der Waals surface area contributed by atoms with Crippen LogP contribution in [0.1, 0.15) is 64.5 Å². The summed E-state index contributed by atoms with van der Waals surface area (Å²) in [4.78, 5) is 0. The van der Waals surface area contributed by atoms with E-state index < -0.39 is 0 Å². The summed E-state index contributed by atoms with van der Waals surface area (Å²) in [5.74, 6) is 0.987. The molecule has 1 N–H and O–H groups in total. The normalized spacial score (nSPS) is 23.9. The number of hydrogen-bond donors (Lipinski definition) is 1. The van der Waals surface area contributed by atoms with Gasteiger partial charge in [0.05, 0.1) is 7.11 Å². The lowest BCUT2D eigenvalue weighted by Crippen LogP contribution is -2.31. The van der Waals surface area contributed by atoms with E-state index in [1.807, 2.05) is 12.1 Å². The summed E-state index contributed by atoms with van der Waals surface area (Å²) in [6.45, 7) is 7.05. The summed E-state index contributed by atoms with van der Waals surface area (Å²) in [6, 6.07) is 9.31. The predicted octanol–water partition coefficient (Wildman–Crippen LogP) is 4.70. The molecule has 2 heteroatoms. The smallest absolute Gasteiger partial charge is 0.123 e. The van der Waals surface area contributed by atoms with Gasteiger partial charge in [-0.25, -0.2) is 0 Å². The van der Waals surface area contributed by atoms with Crippen molar-refractivity contribution in [1.82, 2.24) is 5.32 Å². The highest BCUT2D eigenvalue weighted by molar-refractivity contribution is 5.35. The molecule has 0 radical (unpaired) electrons. The Morgan fingerprint density at radius 2 is 1.95 bits per heavy atom. The van der Waals surface area contributed by atoms with Gasteiger partial charge in [-0.05, 0) is 44.1 Å². The van der Waals surface area contributed by atoms with E-state index in [1.165, 1.54) is 37.7 Å². The van der Waals surface area contributed by atoms with Crippen molar-refractivity contribution in [3.63, 3.8) is 0 Å². The number of ether oxygens (including phenoxy) is 1. The molecule has 0 amide bonds. The maximum Gasteiger partial charge on any atom is 0.123 e. The molecule has 0 bridgehead atoms. The zero-order valence-electron chi connectivity index (χ0n) is 13.4. The number of rotatable bonds is 4. The van der Waals surface area contributed by atoms with Crippen LogP contribution in [0.3, 0.4) is 0 Å². The molecule has 112 valence electrons. The second kappa shape index (κ2) is 6.62. The SMILES string of the molecule is COc1ccccc1[C@H](C)NC1CCCC(C)(C)CC1. The van der Waals surface area contributed by atoms with Gasteiger partial charge in [0.1, 0.15) is 5.75 Å². The summed E-state index contributed by atoms with van der Waals surface area (Å²) in [6.07, 6.45) is 6.59. The van der Waals surface area contributed by atoms with Crippen molar-refractivity contribution >= 4 is 0 Å². The summed E-state index contributed by atoms with van der Waals surface area (Å²) in [7, 11) is 1.75. The Morgan fingerprint density at radius 3 is 2.70 bits per heavy atom. The Balaban J connectivity index is 1.99. The van der Waals surface area contributed by atoms with Gasteiger partial charge < -0.3 is 10.1 Å². The molecule has 2 rings (SSSR count). The first kappa shape index (κ1) is 15.4. The number of hydrogen-bond acceptors (Lipinski definition) is 2. The first-order valence-electron chi connectivity index (χ1n) is 7.91. The van der Waals surface area contributed by atoms with Gasteiger partial charge in [0.15, 0.2) is 0 Å². The third-order valence-electron chi connectivity index (χ3n) is 4.67. The van der Waals surface area contributed by atoms with Crippen molar-refractivity contribution in [1.29, 1.82) is 0 Å². The Bertz CT molecular complexity index is 427. The molecule has 1 aromatic carbocycles. The third-order valence-corrected chi connectivity index (χ3v) is 4.67. The average molecular weight is 275 g/mol. The Morgan fingerprint density at radius 1 is 1.20 bits per heavy atom. The van der Waals surface area contributed by atoms with Gasteiger partial charge in [0.2, 0.25) is 0 Å². The number of methoxy groups -OCH3 is 1. The van der Waals surface area contributed by atoms with Crippen molar-refractivity contribution in [2.45, 2.75) is 65.0 Å². The quantitative estimate of drug-likeness (QED) is 0.804. The van der Waals surface area contributed by atoms with Crippen LogP contribution < -0.4 is 10.1 Å². The molecule has 0 heterocycles. The van der Waals surface area contributed by atoms with Gasteiger partial charge in [-0.2, -0.15) is 0 Å². The van der Waals surface area contributed by atoms with Crippen molar-refractivity contribution in [3.05, 3.63) is 29.8 Å². The monoisotopic (exact) mass is 275 g/mol. The molecular formula is C18H29NO. The van der Waals surface area contributed by atoms with Gasteiger partial charge in [0, 0.05) is 17.6 Å². The van der Waals surface area contributed by atoms with Gasteiger partial charge in [0.25, 0.3) is 0 Å². The van der Waals surface area contributed by atoms with Crippen LogP contribution in [0.5, 0.6) is 5.75 Å². The van der Waals surface area contributed by atoms with E-state index in [0.29, 0.717) is 17.5 Å². The van der Waals surface area contributed by atoms with Crippen LogP contribution in [0, 0.1) is 5.41 Å². The average Bonchev–Trinajstić information content (AvgIpc) is 2.60. The Hall–Kier alpha value is -1.02. The molecule has 0 aromatic heterocycles. The zero-order valence-corrected chi connectivity index (χ0v) is 13.4. The summed E-state index contributed by atoms with van der Waals surface area (Å²) in [5, 5.41) is 3.81. The van der Waals surface area contributed by atoms with Crippen LogP contribution in [0.4, 0.5) is 0 Å². The molecule has 1 unspecified atom stereocenters. The maximum absolute atomic E-state index is 5.47. The highest BCUT2D eigenvalue weighted by atomic mass is 16.5. The van der Waals surface area contributed by atoms with Crippen LogP contribution in [0.2, 0.25) is 0 Å². The molecular weight excluding hydrogens is 246 g/mol. The first-order valence-corrected chi connectivity index (χ1v) is 7.91. The second-order valence-corrected chi connectivity index (χ2v) is 6.92. The molecule has 0 aliphatic heterocycles. The lowest BCUT2D eigenvalue weighted by atomic mass is 9.85. The molecule has 2 atom stereocenters. The topological polar surface area (TPSA) is 21.3 Å². The van der Waals surface area contributed by atoms with Crippen LogP contribution in [0.25, 0.3) is 0 Å². The Kier molecular flexibility index (Phi) is 5.09. The van der Waals surface area contributed by atoms with Gasteiger partial charge in [-0.1, -0.05) is 38.5 Å². The Labute approximate surface area is 123 Å². The van der Waals surface area contributed by atoms with Crippen molar-refractivity contribution in [3.8, 4) is 5.75 Å². The molecule has 1 saturated carbocycles. The lowest BCUT2D eigenvalue weighted by Gasteiger charge is -2.25. The highest BCUT2D eigenvalue weighted by Gasteiger charge is 2.25. The number of para-hydroxylation sites is 1. The molecule has 1 aliphatic rings.